The van der Waals surface area contributed by atoms with Gasteiger partial charge in [-0.2, -0.15) is 0 Å². The summed E-state index contributed by atoms with van der Waals surface area (Å²) in [6.07, 6.45) is -3.98. The van der Waals surface area contributed by atoms with Gasteiger partial charge in [0.1, 0.15) is 17.8 Å². The summed E-state index contributed by atoms with van der Waals surface area (Å²) >= 11 is 6.13. The second-order valence-electron chi connectivity index (χ2n) is 5.68. The van der Waals surface area contributed by atoms with E-state index in [1.165, 1.54) is 30.3 Å². The number of alkyl halides is 3. The number of phenols is 1. The molecule has 1 aliphatic heterocycles. The van der Waals surface area contributed by atoms with Gasteiger partial charge in [-0.25, -0.2) is 0 Å². The Bertz CT molecular complexity index is 793. The number of hydrogen-bond acceptors (Lipinski definition) is 4. The summed E-state index contributed by atoms with van der Waals surface area (Å²) in [6.45, 7) is 0.731. The number of aldehydes is 1. The van der Waals surface area contributed by atoms with Gasteiger partial charge in [-0.15, -0.1) is 13.2 Å². The minimum Gasteiger partial charge on any atom is -0.508 e. The van der Waals surface area contributed by atoms with Gasteiger partial charge in [-0.1, -0.05) is 23.7 Å². The van der Waals surface area contributed by atoms with Gasteiger partial charge in [0, 0.05) is 18.1 Å². The SMILES string of the molecule is O=CC1c2c(Cl)cc(O)cc2CN1Cc1ccc(OC(F)(F)F)cc1. The number of aromatic hydroxyl groups is 1. The molecule has 1 aliphatic rings. The van der Waals surface area contributed by atoms with E-state index in [2.05, 4.69) is 4.74 Å². The van der Waals surface area contributed by atoms with Gasteiger partial charge < -0.3 is 14.6 Å². The number of nitrogens with zero attached hydrogens (tertiary/aromatic N) is 1. The summed E-state index contributed by atoms with van der Waals surface area (Å²) in [6, 6.07) is 7.81. The lowest BCUT2D eigenvalue weighted by molar-refractivity contribution is -0.274. The second-order valence-corrected chi connectivity index (χ2v) is 6.09. The Hall–Kier alpha value is -2.25. The zero-order chi connectivity index (χ0) is 18.2. The quantitative estimate of drug-likeness (QED) is 0.818. The summed E-state index contributed by atoms with van der Waals surface area (Å²) in [5.74, 6) is -0.287. The van der Waals surface area contributed by atoms with E-state index in [4.69, 9.17) is 11.6 Å². The van der Waals surface area contributed by atoms with Gasteiger partial charge in [0.15, 0.2) is 0 Å². The number of benzene rings is 2. The highest BCUT2D eigenvalue weighted by Crippen LogP contribution is 2.40. The van der Waals surface area contributed by atoms with E-state index in [0.717, 1.165) is 17.4 Å². The Morgan fingerprint density at radius 3 is 2.56 bits per heavy atom. The number of carbonyl (C=O) groups is 1. The predicted octanol–water partition coefficient (Wildman–Crippen LogP) is 4.20. The average Bonchev–Trinajstić information content (AvgIpc) is 2.85. The molecule has 1 heterocycles. The summed E-state index contributed by atoms with van der Waals surface area (Å²) in [5.41, 5.74) is 2.11. The third-order valence-electron chi connectivity index (χ3n) is 3.93. The maximum absolute atomic E-state index is 12.2. The van der Waals surface area contributed by atoms with Crippen LogP contribution in [0.1, 0.15) is 22.7 Å². The van der Waals surface area contributed by atoms with Crippen LogP contribution in [0.15, 0.2) is 36.4 Å². The first-order valence-electron chi connectivity index (χ1n) is 7.32. The van der Waals surface area contributed by atoms with Crippen LogP contribution in [0.5, 0.6) is 11.5 Å². The molecule has 1 unspecified atom stereocenters. The normalized spacial score (nSPS) is 17.4. The third kappa shape index (κ3) is 3.88. The lowest BCUT2D eigenvalue weighted by Gasteiger charge is -2.21. The molecule has 25 heavy (non-hydrogen) atoms. The molecule has 1 atom stereocenters. The minimum absolute atomic E-state index is 0.0175. The topological polar surface area (TPSA) is 49.8 Å². The molecule has 3 rings (SSSR count). The Labute approximate surface area is 146 Å². The Morgan fingerprint density at radius 1 is 1.28 bits per heavy atom. The third-order valence-corrected chi connectivity index (χ3v) is 4.25. The summed E-state index contributed by atoms with van der Waals surface area (Å²) < 4.78 is 40.4. The van der Waals surface area contributed by atoms with Crippen molar-refractivity contribution in [3.63, 3.8) is 0 Å². The summed E-state index contributed by atoms with van der Waals surface area (Å²) in [5, 5.41) is 9.95. The molecule has 2 aromatic carbocycles. The standard InChI is InChI=1S/C17H13ClF3NO3/c18-14-6-12(24)5-11-8-22(15(9-23)16(11)14)7-10-1-3-13(4-2-10)25-17(19,20)21/h1-6,9,15,24H,7-8H2. The van der Waals surface area contributed by atoms with E-state index in [9.17, 15) is 23.1 Å². The predicted molar refractivity (Wildman–Crippen MR) is 84.3 cm³/mol. The zero-order valence-electron chi connectivity index (χ0n) is 12.8. The lowest BCUT2D eigenvalue weighted by atomic mass is 10.1. The molecule has 0 fully saturated rings. The first-order valence-corrected chi connectivity index (χ1v) is 7.70. The van der Waals surface area contributed by atoms with Crippen LogP contribution in [0.2, 0.25) is 5.02 Å². The van der Waals surface area contributed by atoms with E-state index >= 15 is 0 Å². The van der Waals surface area contributed by atoms with Crippen LogP contribution in [-0.2, 0) is 17.9 Å². The zero-order valence-corrected chi connectivity index (χ0v) is 13.5. The first-order chi connectivity index (χ1) is 11.8. The van der Waals surface area contributed by atoms with Crippen LogP contribution in [0, 0.1) is 0 Å². The highest BCUT2D eigenvalue weighted by atomic mass is 35.5. The number of fused-ring (bicyclic) bond motifs is 1. The summed E-state index contributed by atoms with van der Waals surface area (Å²) in [7, 11) is 0. The van der Waals surface area contributed by atoms with Gasteiger partial charge in [0.2, 0.25) is 0 Å². The maximum Gasteiger partial charge on any atom is 0.573 e. The minimum atomic E-state index is -4.74. The van der Waals surface area contributed by atoms with Crippen LogP contribution in [-0.4, -0.2) is 22.7 Å². The van der Waals surface area contributed by atoms with Crippen LogP contribution >= 0.6 is 11.6 Å². The van der Waals surface area contributed by atoms with E-state index in [1.54, 1.807) is 6.07 Å². The van der Waals surface area contributed by atoms with Crippen molar-refractivity contribution in [2.45, 2.75) is 25.5 Å². The van der Waals surface area contributed by atoms with E-state index in [1.807, 2.05) is 4.90 Å². The van der Waals surface area contributed by atoms with Gasteiger partial charge >= 0.3 is 6.36 Å². The van der Waals surface area contributed by atoms with Gasteiger partial charge in [-0.05, 0) is 41.0 Å². The van der Waals surface area contributed by atoms with Gasteiger partial charge in [0.25, 0.3) is 0 Å². The van der Waals surface area contributed by atoms with E-state index in [0.29, 0.717) is 23.7 Å². The van der Waals surface area contributed by atoms with E-state index in [-0.39, 0.29) is 11.5 Å². The van der Waals surface area contributed by atoms with Gasteiger partial charge in [0.05, 0.1) is 6.04 Å². The van der Waals surface area contributed by atoms with Crippen molar-refractivity contribution in [3.8, 4) is 11.5 Å². The molecule has 4 nitrogen and oxygen atoms in total. The number of carbonyl (C=O) groups excluding carboxylic acids is 1. The Balaban J connectivity index is 1.77. The van der Waals surface area contributed by atoms with Crippen LogP contribution in [0.25, 0.3) is 0 Å². The van der Waals surface area contributed by atoms with Crippen LogP contribution < -0.4 is 4.74 Å². The molecule has 0 aromatic heterocycles. The van der Waals surface area contributed by atoms with Crippen molar-refractivity contribution in [2.24, 2.45) is 0 Å². The number of halogens is 4. The number of ether oxygens (including phenoxy) is 1. The largest absolute Gasteiger partial charge is 0.573 e. The molecule has 0 saturated carbocycles. The molecule has 0 spiro atoms. The van der Waals surface area contributed by atoms with Gasteiger partial charge in [-0.3, -0.25) is 4.90 Å². The fraction of sp³-hybridized carbons (Fsp3) is 0.235. The maximum atomic E-state index is 12.2. The highest BCUT2D eigenvalue weighted by Gasteiger charge is 2.33. The number of phenolic OH excluding ortho intramolecular Hbond substituents is 1. The molecule has 2 aromatic rings. The molecular weight excluding hydrogens is 359 g/mol. The summed E-state index contributed by atoms with van der Waals surface area (Å²) in [4.78, 5) is 13.3. The molecule has 0 radical (unpaired) electrons. The molecule has 1 N–H and O–H groups in total. The molecular formula is C17H13ClF3NO3. The monoisotopic (exact) mass is 371 g/mol. The van der Waals surface area contributed by atoms with Crippen molar-refractivity contribution in [2.75, 3.05) is 0 Å². The highest BCUT2D eigenvalue weighted by molar-refractivity contribution is 6.31. The fourth-order valence-corrected chi connectivity index (χ4v) is 3.31. The fourth-order valence-electron chi connectivity index (χ4n) is 2.96. The Kier molecular flexibility index (Phi) is 4.62. The smallest absolute Gasteiger partial charge is 0.508 e. The lowest BCUT2D eigenvalue weighted by Crippen LogP contribution is -2.22. The van der Waals surface area contributed by atoms with Crippen LogP contribution in [0.4, 0.5) is 13.2 Å². The molecule has 132 valence electrons. The first kappa shape index (κ1) is 17.6. The average molecular weight is 372 g/mol. The van der Waals surface area contributed by atoms with Crippen molar-refractivity contribution in [1.82, 2.24) is 4.90 Å². The molecule has 0 saturated heterocycles. The van der Waals surface area contributed by atoms with Crippen molar-refractivity contribution in [3.05, 3.63) is 58.1 Å². The molecule has 0 aliphatic carbocycles. The molecule has 8 heteroatoms. The number of rotatable bonds is 4. The second kappa shape index (κ2) is 6.57. The van der Waals surface area contributed by atoms with Crippen molar-refractivity contribution in [1.29, 1.82) is 0 Å². The molecule has 0 bridgehead atoms. The van der Waals surface area contributed by atoms with Crippen molar-refractivity contribution >= 4 is 17.9 Å². The molecule has 0 amide bonds. The van der Waals surface area contributed by atoms with E-state index < -0.39 is 12.4 Å². The van der Waals surface area contributed by atoms with Crippen LogP contribution in [0.3, 0.4) is 0 Å². The van der Waals surface area contributed by atoms with Crippen molar-refractivity contribution < 1.29 is 27.8 Å². The Morgan fingerprint density at radius 2 is 1.96 bits per heavy atom. The number of hydrogen-bond donors (Lipinski definition) is 1.